The number of benzene rings is 1. The molecule has 1 rings (SSSR count). The maximum atomic E-state index is 5.90. The second kappa shape index (κ2) is 3.92. The van der Waals surface area contributed by atoms with E-state index in [9.17, 15) is 0 Å². The van der Waals surface area contributed by atoms with Gasteiger partial charge in [0, 0.05) is 11.1 Å². The van der Waals surface area contributed by atoms with Crippen LogP contribution >= 0.6 is 11.6 Å². The fourth-order valence-electron chi connectivity index (χ4n) is 1.28. The SMILES string of the molecule is CC[C@@H](N)c1ccc(Cl)cc1C. The Morgan fingerprint density at radius 1 is 1.50 bits per heavy atom. The highest BCUT2D eigenvalue weighted by Crippen LogP contribution is 2.21. The van der Waals surface area contributed by atoms with E-state index in [1.807, 2.05) is 25.1 Å². The highest BCUT2D eigenvalue weighted by molar-refractivity contribution is 6.30. The van der Waals surface area contributed by atoms with Crippen molar-refractivity contribution >= 4 is 11.6 Å². The molecule has 0 saturated heterocycles. The van der Waals surface area contributed by atoms with Gasteiger partial charge < -0.3 is 5.73 Å². The second-order valence-corrected chi connectivity index (χ2v) is 3.45. The summed E-state index contributed by atoms with van der Waals surface area (Å²) in [5, 5.41) is 0.777. The zero-order valence-corrected chi connectivity index (χ0v) is 8.23. The molecule has 1 aromatic carbocycles. The van der Waals surface area contributed by atoms with Gasteiger partial charge in [-0.1, -0.05) is 24.6 Å². The van der Waals surface area contributed by atoms with Gasteiger partial charge in [-0.05, 0) is 36.6 Å². The van der Waals surface area contributed by atoms with Crippen molar-refractivity contribution in [2.24, 2.45) is 5.73 Å². The number of nitrogens with two attached hydrogens (primary N) is 1. The van der Waals surface area contributed by atoms with Gasteiger partial charge in [-0.2, -0.15) is 0 Å². The van der Waals surface area contributed by atoms with Crippen molar-refractivity contribution in [3.63, 3.8) is 0 Å². The lowest BCUT2D eigenvalue weighted by molar-refractivity contribution is 0.694. The molecule has 0 aliphatic rings. The summed E-state index contributed by atoms with van der Waals surface area (Å²) in [7, 11) is 0. The van der Waals surface area contributed by atoms with E-state index in [1.54, 1.807) is 0 Å². The van der Waals surface area contributed by atoms with Crippen molar-refractivity contribution in [2.75, 3.05) is 0 Å². The van der Waals surface area contributed by atoms with Crippen molar-refractivity contribution in [3.8, 4) is 0 Å². The molecule has 0 bridgehead atoms. The van der Waals surface area contributed by atoms with Gasteiger partial charge in [0.05, 0.1) is 0 Å². The Hall–Kier alpha value is -0.530. The normalized spacial score (nSPS) is 13.0. The zero-order valence-electron chi connectivity index (χ0n) is 7.47. The Morgan fingerprint density at radius 2 is 2.17 bits per heavy atom. The highest BCUT2D eigenvalue weighted by Gasteiger charge is 2.05. The van der Waals surface area contributed by atoms with Crippen LogP contribution < -0.4 is 5.73 Å². The average molecular weight is 184 g/mol. The molecule has 0 heterocycles. The number of rotatable bonds is 2. The number of aryl methyl sites for hydroxylation is 1. The molecular weight excluding hydrogens is 170 g/mol. The van der Waals surface area contributed by atoms with Gasteiger partial charge in [-0.25, -0.2) is 0 Å². The molecule has 0 amide bonds. The first kappa shape index (κ1) is 9.56. The molecule has 0 fully saturated rings. The largest absolute Gasteiger partial charge is 0.324 e. The van der Waals surface area contributed by atoms with Gasteiger partial charge in [0.1, 0.15) is 0 Å². The van der Waals surface area contributed by atoms with Crippen LogP contribution in [0.3, 0.4) is 0 Å². The van der Waals surface area contributed by atoms with Gasteiger partial charge in [-0.15, -0.1) is 0 Å². The first-order valence-electron chi connectivity index (χ1n) is 4.16. The molecule has 0 spiro atoms. The minimum atomic E-state index is 0.141. The van der Waals surface area contributed by atoms with Crippen molar-refractivity contribution in [2.45, 2.75) is 26.3 Å². The maximum absolute atomic E-state index is 5.90. The molecule has 66 valence electrons. The highest BCUT2D eigenvalue weighted by atomic mass is 35.5. The quantitative estimate of drug-likeness (QED) is 0.750. The molecule has 2 heteroatoms. The van der Waals surface area contributed by atoms with Gasteiger partial charge in [-0.3, -0.25) is 0 Å². The summed E-state index contributed by atoms with van der Waals surface area (Å²) in [5.41, 5.74) is 8.28. The summed E-state index contributed by atoms with van der Waals surface area (Å²) in [6.07, 6.45) is 0.961. The van der Waals surface area contributed by atoms with Crippen molar-refractivity contribution in [1.82, 2.24) is 0 Å². The van der Waals surface area contributed by atoms with E-state index in [4.69, 9.17) is 17.3 Å². The fourth-order valence-corrected chi connectivity index (χ4v) is 1.50. The fraction of sp³-hybridized carbons (Fsp3) is 0.400. The molecule has 1 nitrogen and oxygen atoms in total. The molecule has 0 unspecified atom stereocenters. The summed E-state index contributed by atoms with van der Waals surface area (Å²) >= 11 is 5.82. The Bertz CT molecular complexity index is 271. The topological polar surface area (TPSA) is 26.0 Å². The Labute approximate surface area is 78.5 Å². The molecule has 1 aromatic rings. The second-order valence-electron chi connectivity index (χ2n) is 3.02. The lowest BCUT2D eigenvalue weighted by atomic mass is 10.0. The van der Waals surface area contributed by atoms with Crippen LogP contribution in [0.4, 0.5) is 0 Å². The summed E-state index contributed by atoms with van der Waals surface area (Å²) in [6.45, 7) is 4.12. The van der Waals surface area contributed by atoms with Gasteiger partial charge in [0.2, 0.25) is 0 Å². The molecule has 2 N–H and O–H groups in total. The number of halogens is 1. The third-order valence-corrected chi connectivity index (χ3v) is 2.31. The summed E-state index contributed by atoms with van der Waals surface area (Å²) in [4.78, 5) is 0. The molecule has 0 aliphatic carbocycles. The first-order valence-corrected chi connectivity index (χ1v) is 4.54. The minimum Gasteiger partial charge on any atom is -0.324 e. The molecule has 12 heavy (non-hydrogen) atoms. The smallest absolute Gasteiger partial charge is 0.0408 e. The molecule has 0 radical (unpaired) electrons. The zero-order chi connectivity index (χ0) is 9.14. The van der Waals surface area contributed by atoms with Crippen LogP contribution in [0, 0.1) is 6.92 Å². The molecule has 0 aromatic heterocycles. The van der Waals surface area contributed by atoms with E-state index < -0.39 is 0 Å². The third kappa shape index (κ3) is 1.99. The standard InChI is InChI=1S/C10H14ClN/c1-3-10(12)9-5-4-8(11)6-7(9)2/h4-6,10H,3,12H2,1-2H3/t10-/m1/s1. The van der Waals surface area contributed by atoms with Crippen LogP contribution in [0.15, 0.2) is 18.2 Å². The lowest BCUT2D eigenvalue weighted by Crippen LogP contribution is -2.09. The van der Waals surface area contributed by atoms with E-state index in [0.717, 1.165) is 11.4 Å². The summed E-state index contributed by atoms with van der Waals surface area (Å²) < 4.78 is 0. The molecule has 0 saturated carbocycles. The van der Waals surface area contributed by atoms with Gasteiger partial charge in [0.15, 0.2) is 0 Å². The van der Waals surface area contributed by atoms with E-state index in [2.05, 4.69) is 6.92 Å². The minimum absolute atomic E-state index is 0.141. The van der Waals surface area contributed by atoms with E-state index in [-0.39, 0.29) is 6.04 Å². The lowest BCUT2D eigenvalue weighted by Gasteiger charge is -2.12. The predicted molar refractivity (Wildman–Crippen MR) is 53.4 cm³/mol. The summed E-state index contributed by atoms with van der Waals surface area (Å²) in [5.74, 6) is 0. The predicted octanol–water partition coefficient (Wildman–Crippen LogP) is 3.06. The Balaban J connectivity index is 3.01. The van der Waals surface area contributed by atoms with Crippen LogP contribution in [0.1, 0.15) is 30.5 Å². The Kier molecular flexibility index (Phi) is 3.12. The maximum Gasteiger partial charge on any atom is 0.0408 e. The molecule has 0 aliphatic heterocycles. The van der Waals surface area contributed by atoms with Crippen LogP contribution in [0.2, 0.25) is 5.02 Å². The summed E-state index contributed by atoms with van der Waals surface area (Å²) in [6, 6.07) is 5.99. The number of hydrogen-bond donors (Lipinski definition) is 1. The van der Waals surface area contributed by atoms with Crippen molar-refractivity contribution in [1.29, 1.82) is 0 Å². The molecular formula is C10H14ClN. The van der Waals surface area contributed by atoms with Crippen LogP contribution in [-0.4, -0.2) is 0 Å². The Morgan fingerprint density at radius 3 is 2.67 bits per heavy atom. The van der Waals surface area contributed by atoms with Crippen LogP contribution in [0.5, 0.6) is 0 Å². The van der Waals surface area contributed by atoms with Crippen LogP contribution in [-0.2, 0) is 0 Å². The van der Waals surface area contributed by atoms with Crippen molar-refractivity contribution < 1.29 is 0 Å². The van der Waals surface area contributed by atoms with Crippen molar-refractivity contribution in [3.05, 3.63) is 34.3 Å². The van der Waals surface area contributed by atoms with E-state index in [1.165, 1.54) is 11.1 Å². The average Bonchev–Trinajstić information content (AvgIpc) is 2.03. The van der Waals surface area contributed by atoms with Gasteiger partial charge >= 0.3 is 0 Å². The van der Waals surface area contributed by atoms with E-state index >= 15 is 0 Å². The molecule has 1 atom stereocenters. The first-order chi connectivity index (χ1) is 5.65. The van der Waals surface area contributed by atoms with Crippen LogP contribution in [0.25, 0.3) is 0 Å². The van der Waals surface area contributed by atoms with Gasteiger partial charge in [0.25, 0.3) is 0 Å². The monoisotopic (exact) mass is 183 g/mol. The third-order valence-electron chi connectivity index (χ3n) is 2.07. The van der Waals surface area contributed by atoms with E-state index in [0.29, 0.717) is 0 Å². The number of hydrogen-bond acceptors (Lipinski definition) is 1.